The lowest BCUT2D eigenvalue weighted by Gasteiger charge is -2.31. The van der Waals surface area contributed by atoms with Crippen molar-refractivity contribution in [2.24, 2.45) is 5.41 Å². The average molecular weight is 361 g/mol. The van der Waals surface area contributed by atoms with Crippen molar-refractivity contribution >= 4 is 17.7 Å². The number of rotatable bonds is 4. The molecule has 0 saturated heterocycles. The number of urea groups is 1. The zero-order valence-electron chi connectivity index (χ0n) is 15.5. The number of nitro benzene ring substituents is 1. The number of ether oxygens (including phenoxy) is 1. The molecule has 1 aromatic rings. The number of nitrogens with one attached hydrogen (secondary N) is 2. The fraction of sp³-hybridized carbons (Fsp3) is 0.444. The number of carbonyl (C=O) groups is 2. The molecule has 0 unspecified atom stereocenters. The maximum absolute atomic E-state index is 12.8. The molecule has 0 aliphatic carbocycles. The van der Waals surface area contributed by atoms with Crippen LogP contribution in [0, 0.1) is 15.5 Å². The largest absolute Gasteiger partial charge is 0.459 e. The van der Waals surface area contributed by atoms with Gasteiger partial charge in [-0.05, 0) is 24.8 Å². The lowest BCUT2D eigenvalue weighted by atomic mass is 9.90. The van der Waals surface area contributed by atoms with Crippen LogP contribution < -0.4 is 10.6 Å². The van der Waals surface area contributed by atoms with E-state index in [9.17, 15) is 19.7 Å². The summed E-state index contributed by atoms with van der Waals surface area (Å²) in [5.41, 5.74) is 0.640. The number of hydrogen-bond donors (Lipinski definition) is 2. The Hall–Kier alpha value is -2.90. The van der Waals surface area contributed by atoms with E-state index in [-0.39, 0.29) is 22.8 Å². The molecule has 2 N–H and O–H groups in total. The van der Waals surface area contributed by atoms with Gasteiger partial charge in [0.15, 0.2) is 0 Å². The SMILES string of the molecule is CC1=C(C(=O)O[C@H](C)C(C)(C)C)[C@@H](c2cccc([N+](=O)[O-])c2)NC(=O)N1. The Labute approximate surface area is 151 Å². The Morgan fingerprint density at radius 3 is 2.58 bits per heavy atom. The van der Waals surface area contributed by atoms with Gasteiger partial charge in [-0.25, -0.2) is 9.59 Å². The second kappa shape index (κ2) is 7.15. The van der Waals surface area contributed by atoms with Gasteiger partial charge >= 0.3 is 12.0 Å². The van der Waals surface area contributed by atoms with Gasteiger partial charge in [0.2, 0.25) is 0 Å². The predicted octanol–water partition coefficient (Wildman–Crippen LogP) is 3.20. The molecule has 1 aliphatic heterocycles. The monoisotopic (exact) mass is 361 g/mol. The van der Waals surface area contributed by atoms with E-state index in [1.54, 1.807) is 19.9 Å². The Bertz CT molecular complexity index is 779. The molecule has 0 radical (unpaired) electrons. The number of nitro groups is 1. The van der Waals surface area contributed by atoms with Gasteiger partial charge in [-0.1, -0.05) is 32.9 Å². The molecule has 0 bridgehead atoms. The molecule has 0 saturated carbocycles. The van der Waals surface area contributed by atoms with Gasteiger partial charge in [0.05, 0.1) is 16.5 Å². The topological polar surface area (TPSA) is 111 Å². The highest BCUT2D eigenvalue weighted by atomic mass is 16.6. The van der Waals surface area contributed by atoms with Gasteiger partial charge in [0.25, 0.3) is 5.69 Å². The molecule has 1 heterocycles. The summed E-state index contributed by atoms with van der Waals surface area (Å²) < 4.78 is 5.57. The first-order valence-corrected chi connectivity index (χ1v) is 8.24. The summed E-state index contributed by atoms with van der Waals surface area (Å²) in [5.74, 6) is -0.575. The third kappa shape index (κ3) is 4.19. The van der Waals surface area contributed by atoms with Crippen molar-refractivity contribution in [1.29, 1.82) is 0 Å². The van der Waals surface area contributed by atoms with Crippen LogP contribution in [0.5, 0.6) is 0 Å². The maximum Gasteiger partial charge on any atom is 0.338 e. The van der Waals surface area contributed by atoms with Crippen LogP contribution in [0.2, 0.25) is 0 Å². The van der Waals surface area contributed by atoms with Crippen LogP contribution in [0.3, 0.4) is 0 Å². The molecule has 26 heavy (non-hydrogen) atoms. The van der Waals surface area contributed by atoms with E-state index < -0.39 is 23.0 Å². The highest BCUT2D eigenvalue weighted by molar-refractivity contribution is 5.95. The normalized spacial score (nSPS) is 18.7. The van der Waals surface area contributed by atoms with Crippen molar-refractivity contribution < 1.29 is 19.2 Å². The number of hydrogen-bond acceptors (Lipinski definition) is 5. The number of carbonyl (C=O) groups excluding carboxylic acids is 2. The molecule has 0 spiro atoms. The molecule has 0 fully saturated rings. The van der Waals surface area contributed by atoms with Crippen LogP contribution in [-0.2, 0) is 9.53 Å². The number of nitrogens with zero attached hydrogens (tertiary/aromatic N) is 1. The standard InChI is InChI=1S/C18H23N3O5/c1-10-14(16(22)26-11(2)18(3,4)5)15(20-17(23)19-10)12-7-6-8-13(9-12)21(24)25/h6-9,11,15H,1-5H3,(H2,19,20,23)/t11-,15-/m1/s1. The Balaban J connectivity index is 2.42. The van der Waals surface area contributed by atoms with Crippen LogP contribution in [0.4, 0.5) is 10.5 Å². The third-order valence-corrected chi connectivity index (χ3v) is 4.41. The smallest absolute Gasteiger partial charge is 0.338 e. The molecule has 8 heteroatoms. The number of non-ortho nitro benzene ring substituents is 1. The van der Waals surface area contributed by atoms with Crippen LogP contribution in [0.1, 0.15) is 46.2 Å². The average Bonchev–Trinajstić information content (AvgIpc) is 2.53. The molecule has 2 rings (SSSR count). The van der Waals surface area contributed by atoms with Crippen LogP contribution >= 0.6 is 0 Å². The number of allylic oxidation sites excluding steroid dienone is 1. The number of benzene rings is 1. The van der Waals surface area contributed by atoms with E-state index in [0.29, 0.717) is 11.3 Å². The minimum atomic E-state index is -0.830. The summed E-state index contributed by atoms with van der Waals surface area (Å²) in [6.45, 7) is 9.24. The van der Waals surface area contributed by atoms with E-state index in [0.717, 1.165) is 0 Å². The molecular formula is C18H23N3O5. The molecule has 1 aliphatic rings. The molecule has 1 aromatic carbocycles. The van der Waals surface area contributed by atoms with Gasteiger partial charge < -0.3 is 15.4 Å². The minimum Gasteiger partial charge on any atom is -0.459 e. The van der Waals surface area contributed by atoms with Crippen LogP contribution in [0.25, 0.3) is 0 Å². The summed E-state index contributed by atoms with van der Waals surface area (Å²) in [6, 6.07) is 4.50. The molecular weight excluding hydrogens is 338 g/mol. The number of esters is 1. The maximum atomic E-state index is 12.8. The minimum absolute atomic E-state index is 0.122. The van der Waals surface area contributed by atoms with Gasteiger partial charge in [0, 0.05) is 17.8 Å². The lowest BCUT2D eigenvalue weighted by molar-refractivity contribution is -0.384. The van der Waals surface area contributed by atoms with E-state index >= 15 is 0 Å². The fourth-order valence-corrected chi connectivity index (χ4v) is 2.43. The summed E-state index contributed by atoms with van der Waals surface area (Å²) in [7, 11) is 0. The molecule has 2 amide bonds. The summed E-state index contributed by atoms with van der Waals surface area (Å²) >= 11 is 0. The predicted molar refractivity (Wildman–Crippen MR) is 95.2 cm³/mol. The van der Waals surface area contributed by atoms with E-state index in [4.69, 9.17) is 4.74 Å². The highest BCUT2D eigenvalue weighted by Crippen LogP contribution is 2.31. The fourth-order valence-electron chi connectivity index (χ4n) is 2.43. The molecule has 8 nitrogen and oxygen atoms in total. The second-order valence-electron chi connectivity index (χ2n) is 7.34. The first-order chi connectivity index (χ1) is 12.0. The summed E-state index contributed by atoms with van der Waals surface area (Å²) in [5, 5.41) is 16.2. The Kier molecular flexibility index (Phi) is 5.34. The molecule has 140 valence electrons. The molecule has 0 aromatic heterocycles. The van der Waals surface area contributed by atoms with Crippen LogP contribution in [-0.4, -0.2) is 23.0 Å². The van der Waals surface area contributed by atoms with E-state index in [1.165, 1.54) is 18.2 Å². The van der Waals surface area contributed by atoms with Gasteiger partial charge in [0.1, 0.15) is 6.10 Å². The van der Waals surface area contributed by atoms with Crippen molar-refractivity contribution in [3.05, 3.63) is 51.2 Å². The Morgan fingerprint density at radius 2 is 2.00 bits per heavy atom. The summed E-state index contributed by atoms with van der Waals surface area (Å²) in [6.07, 6.45) is -0.362. The quantitative estimate of drug-likeness (QED) is 0.486. The van der Waals surface area contributed by atoms with Crippen molar-refractivity contribution in [2.45, 2.75) is 46.8 Å². The van der Waals surface area contributed by atoms with Gasteiger partial charge in [-0.15, -0.1) is 0 Å². The van der Waals surface area contributed by atoms with Crippen molar-refractivity contribution in [2.75, 3.05) is 0 Å². The zero-order chi connectivity index (χ0) is 19.6. The van der Waals surface area contributed by atoms with Gasteiger partial charge in [-0.3, -0.25) is 10.1 Å². The van der Waals surface area contributed by atoms with Crippen LogP contribution in [0.15, 0.2) is 35.5 Å². The first kappa shape index (κ1) is 19.4. The van der Waals surface area contributed by atoms with Crippen molar-refractivity contribution in [1.82, 2.24) is 10.6 Å². The summed E-state index contributed by atoms with van der Waals surface area (Å²) in [4.78, 5) is 35.2. The van der Waals surface area contributed by atoms with E-state index in [2.05, 4.69) is 10.6 Å². The number of amides is 2. The van der Waals surface area contributed by atoms with Crippen molar-refractivity contribution in [3.63, 3.8) is 0 Å². The lowest BCUT2D eigenvalue weighted by Crippen LogP contribution is -2.46. The Morgan fingerprint density at radius 1 is 1.35 bits per heavy atom. The second-order valence-corrected chi connectivity index (χ2v) is 7.34. The third-order valence-electron chi connectivity index (χ3n) is 4.41. The first-order valence-electron chi connectivity index (χ1n) is 8.24. The highest BCUT2D eigenvalue weighted by Gasteiger charge is 2.35. The molecule has 2 atom stereocenters. The van der Waals surface area contributed by atoms with Gasteiger partial charge in [-0.2, -0.15) is 0 Å². The van der Waals surface area contributed by atoms with Crippen molar-refractivity contribution in [3.8, 4) is 0 Å². The zero-order valence-corrected chi connectivity index (χ0v) is 15.5. The van der Waals surface area contributed by atoms with E-state index in [1.807, 2.05) is 20.8 Å².